The number of para-hydroxylation sites is 2. The number of anilines is 5. The van der Waals surface area contributed by atoms with E-state index >= 15 is 0 Å². The summed E-state index contributed by atoms with van der Waals surface area (Å²) in [5, 5.41) is 16.2. The Labute approximate surface area is 353 Å². The van der Waals surface area contributed by atoms with Gasteiger partial charge in [0.2, 0.25) is 0 Å². The molecule has 0 amide bonds. The maximum Gasteiger partial charge on any atom is 0.163 e. The molecule has 0 spiro atoms. The van der Waals surface area contributed by atoms with Gasteiger partial charge in [-0.15, -0.1) is 22.7 Å². The molecule has 0 saturated carbocycles. The zero-order valence-electron chi connectivity index (χ0n) is 32.4. The van der Waals surface area contributed by atoms with E-state index in [0.29, 0.717) is 11.4 Å². The molecule has 0 bridgehead atoms. The zero-order chi connectivity index (χ0) is 40.5. The third-order valence-corrected chi connectivity index (χ3v) is 13.2. The Bertz CT molecular complexity index is 3080. The first-order valence-electron chi connectivity index (χ1n) is 19.4. The first-order chi connectivity index (χ1) is 29.0. The van der Waals surface area contributed by atoms with E-state index in [2.05, 4.69) is 140 Å². The summed E-state index contributed by atoms with van der Waals surface area (Å²) >= 11 is 3.56. The van der Waals surface area contributed by atoms with Gasteiger partial charge in [0, 0.05) is 57.9 Å². The third-order valence-electron chi connectivity index (χ3n) is 10.7. The molecule has 9 aromatic rings. The minimum atomic E-state index is 0.119. The molecule has 3 nitrogen and oxygen atoms in total. The molecule has 5 heteroatoms. The van der Waals surface area contributed by atoms with Gasteiger partial charge in [-0.1, -0.05) is 148 Å². The highest BCUT2D eigenvalue weighted by molar-refractivity contribution is 7.26. The van der Waals surface area contributed by atoms with Crippen LogP contribution >= 0.6 is 22.7 Å². The second-order valence-corrected chi connectivity index (χ2v) is 16.1. The predicted octanol–water partition coefficient (Wildman–Crippen LogP) is 16.5. The number of phenols is 1. The lowest BCUT2D eigenvalue weighted by Crippen LogP contribution is -2.16. The number of allylic oxidation sites excluding steroid dienone is 3. The van der Waals surface area contributed by atoms with Crippen molar-refractivity contribution < 1.29 is 5.11 Å². The van der Waals surface area contributed by atoms with Crippen molar-refractivity contribution in [2.24, 2.45) is 0 Å². The molecular weight excluding hydrogens is 757 g/mol. The number of nitrogens with zero attached hydrogens (tertiary/aromatic N) is 2. The summed E-state index contributed by atoms with van der Waals surface area (Å²) in [5.41, 5.74) is 10.4. The van der Waals surface area contributed by atoms with Crippen molar-refractivity contribution in [1.29, 1.82) is 0 Å². The Morgan fingerprint density at radius 3 is 1.71 bits per heavy atom. The van der Waals surface area contributed by atoms with Gasteiger partial charge in [0.05, 0.1) is 11.4 Å². The van der Waals surface area contributed by atoms with Crippen LogP contribution in [0.15, 0.2) is 208 Å². The Kier molecular flexibility index (Phi) is 10.1. The zero-order valence-corrected chi connectivity index (χ0v) is 34.0. The topological polar surface area (TPSA) is 26.7 Å². The SMILES string of the molecule is C=C/C=C(\C=C)N(c1ccccc1)c1cccc(N(c2ccc(-c3cccc4c(C=C)c(C=C)sc34)cc2)c2ccc(-c3cccc4c3sc3ccccc34)cc2)c1O. The molecule has 0 aliphatic rings. The fourth-order valence-corrected chi connectivity index (χ4v) is 10.4. The van der Waals surface area contributed by atoms with Crippen LogP contribution in [0.2, 0.25) is 0 Å². The number of aromatic hydroxyl groups is 1. The quantitative estimate of drug-likeness (QED) is 0.125. The first kappa shape index (κ1) is 37.4. The number of thiophene rings is 2. The Morgan fingerprint density at radius 1 is 0.508 bits per heavy atom. The highest BCUT2D eigenvalue weighted by atomic mass is 32.1. The molecule has 284 valence electrons. The summed E-state index contributed by atoms with van der Waals surface area (Å²) in [7, 11) is 0. The average molecular weight is 797 g/mol. The molecule has 2 heterocycles. The van der Waals surface area contributed by atoms with Gasteiger partial charge >= 0.3 is 0 Å². The van der Waals surface area contributed by atoms with Gasteiger partial charge < -0.3 is 14.9 Å². The Balaban J connectivity index is 1.19. The highest BCUT2D eigenvalue weighted by Crippen LogP contribution is 2.48. The standard InChI is InChI=1S/C54H40N2OS2/c1-5-17-38(6-2)55(39-18-10-9-11-19-39)48-25-16-26-49(52(48)57)56(40-32-28-36(29-33-40)43-21-14-23-46-42(7-3)50(8-4)58-53(43)46)41-34-30-37(31-35-41)44-22-15-24-47-45-20-12-13-27-51(45)59-54(44)47/h5-35,57H,1-4H2/b38-17+. The van der Waals surface area contributed by atoms with Crippen molar-refractivity contribution in [3.63, 3.8) is 0 Å². The molecule has 7 aromatic carbocycles. The van der Waals surface area contributed by atoms with Crippen LogP contribution in [0.5, 0.6) is 5.75 Å². The van der Waals surface area contributed by atoms with Crippen LogP contribution in [0.4, 0.5) is 28.4 Å². The van der Waals surface area contributed by atoms with E-state index in [0.717, 1.165) is 49.9 Å². The van der Waals surface area contributed by atoms with Crippen molar-refractivity contribution >= 4 is 93.5 Å². The van der Waals surface area contributed by atoms with Crippen LogP contribution in [0.1, 0.15) is 10.4 Å². The van der Waals surface area contributed by atoms with E-state index in [1.54, 1.807) is 23.5 Å². The monoisotopic (exact) mass is 796 g/mol. The largest absolute Gasteiger partial charge is 0.504 e. The van der Waals surface area contributed by atoms with E-state index in [-0.39, 0.29) is 5.75 Å². The number of hydrogen-bond donors (Lipinski definition) is 1. The van der Waals surface area contributed by atoms with Gasteiger partial charge in [-0.3, -0.25) is 0 Å². The molecule has 59 heavy (non-hydrogen) atoms. The Hall–Kier alpha value is -7.18. The summed E-state index contributed by atoms with van der Waals surface area (Å²) in [5.74, 6) is 0.119. The number of rotatable bonds is 12. The van der Waals surface area contributed by atoms with Gasteiger partial charge in [-0.05, 0) is 94.6 Å². The number of benzene rings is 7. The summed E-state index contributed by atoms with van der Waals surface area (Å²) in [6.07, 6.45) is 9.22. The summed E-state index contributed by atoms with van der Waals surface area (Å²) in [6, 6.07) is 54.7. The predicted molar refractivity (Wildman–Crippen MR) is 259 cm³/mol. The highest BCUT2D eigenvalue weighted by Gasteiger charge is 2.24. The first-order valence-corrected chi connectivity index (χ1v) is 21.0. The van der Waals surface area contributed by atoms with E-state index < -0.39 is 0 Å². The van der Waals surface area contributed by atoms with E-state index in [1.807, 2.05) is 83.0 Å². The summed E-state index contributed by atoms with van der Waals surface area (Å²) in [6.45, 7) is 16.2. The molecule has 0 saturated heterocycles. The van der Waals surface area contributed by atoms with Gasteiger partial charge in [-0.25, -0.2) is 0 Å². The van der Waals surface area contributed by atoms with Crippen molar-refractivity contribution in [3.05, 3.63) is 218 Å². The van der Waals surface area contributed by atoms with Gasteiger partial charge in [0.1, 0.15) is 0 Å². The van der Waals surface area contributed by atoms with Crippen molar-refractivity contribution in [2.75, 3.05) is 9.80 Å². The molecule has 0 aliphatic heterocycles. The average Bonchev–Trinajstić information content (AvgIpc) is 3.86. The van der Waals surface area contributed by atoms with E-state index in [9.17, 15) is 5.11 Å². The van der Waals surface area contributed by atoms with Crippen LogP contribution < -0.4 is 9.80 Å². The molecular formula is C54H40N2OS2. The molecule has 0 radical (unpaired) electrons. The normalized spacial score (nSPS) is 11.5. The number of hydrogen-bond acceptors (Lipinski definition) is 5. The third kappa shape index (κ3) is 6.66. The second-order valence-electron chi connectivity index (χ2n) is 14.0. The number of fused-ring (bicyclic) bond motifs is 4. The lowest BCUT2D eigenvalue weighted by atomic mass is 10.0. The van der Waals surface area contributed by atoms with Crippen LogP contribution in [-0.4, -0.2) is 5.11 Å². The molecule has 1 N–H and O–H groups in total. The van der Waals surface area contributed by atoms with Gasteiger partial charge in [0.15, 0.2) is 5.75 Å². The maximum absolute atomic E-state index is 12.5. The summed E-state index contributed by atoms with van der Waals surface area (Å²) in [4.78, 5) is 5.23. The van der Waals surface area contributed by atoms with Crippen molar-refractivity contribution in [1.82, 2.24) is 0 Å². The second kappa shape index (κ2) is 16.0. The smallest absolute Gasteiger partial charge is 0.163 e. The minimum Gasteiger partial charge on any atom is -0.504 e. The van der Waals surface area contributed by atoms with Crippen LogP contribution in [-0.2, 0) is 0 Å². The molecule has 0 fully saturated rings. The number of phenolic OH excluding ortho intramolecular Hbond substituents is 1. The molecule has 2 aromatic heterocycles. The molecule has 0 aliphatic carbocycles. The fourth-order valence-electron chi connectivity index (χ4n) is 7.97. The Morgan fingerprint density at radius 2 is 1.08 bits per heavy atom. The van der Waals surface area contributed by atoms with Crippen LogP contribution in [0.3, 0.4) is 0 Å². The van der Waals surface area contributed by atoms with Crippen molar-refractivity contribution in [3.8, 4) is 28.0 Å². The van der Waals surface area contributed by atoms with E-state index in [1.165, 1.54) is 35.8 Å². The van der Waals surface area contributed by atoms with Gasteiger partial charge in [0.25, 0.3) is 0 Å². The molecule has 0 unspecified atom stereocenters. The minimum absolute atomic E-state index is 0.119. The lowest BCUT2D eigenvalue weighted by Gasteiger charge is -2.31. The van der Waals surface area contributed by atoms with Gasteiger partial charge in [-0.2, -0.15) is 0 Å². The summed E-state index contributed by atoms with van der Waals surface area (Å²) < 4.78 is 3.75. The van der Waals surface area contributed by atoms with Crippen molar-refractivity contribution in [2.45, 2.75) is 0 Å². The fraction of sp³-hybridized carbons (Fsp3) is 0. The van der Waals surface area contributed by atoms with Crippen LogP contribution in [0, 0.1) is 0 Å². The van der Waals surface area contributed by atoms with E-state index in [4.69, 9.17) is 0 Å². The maximum atomic E-state index is 12.5. The molecule has 9 rings (SSSR count). The van der Waals surface area contributed by atoms with Crippen LogP contribution in [0.25, 0.3) is 64.7 Å². The molecule has 0 atom stereocenters. The lowest BCUT2D eigenvalue weighted by molar-refractivity contribution is 0.477.